The van der Waals surface area contributed by atoms with E-state index in [0.717, 1.165) is 5.56 Å². The van der Waals surface area contributed by atoms with Crippen LogP contribution in [0.1, 0.15) is 37.3 Å². The first kappa shape index (κ1) is 15.2. The van der Waals surface area contributed by atoms with Crippen molar-refractivity contribution in [1.82, 2.24) is 5.32 Å². The van der Waals surface area contributed by atoms with Gasteiger partial charge >= 0.3 is 5.97 Å². The molecule has 1 rings (SSSR count). The van der Waals surface area contributed by atoms with Gasteiger partial charge in [-0.2, -0.15) is 0 Å². The summed E-state index contributed by atoms with van der Waals surface area (Å²) in [4.78, 5) is 22.3. The number of aliphatic carboxylic acids is 1. The molecule has 0 aromatic heterocycles. The standard InChI is InChI=1S/C15H21NO3/c1-3-13(10-15(18)19)16-14(17)9-8-12-6-4-11(2)5-7-12/h4-7,13H,3,8-10H2,1-2H3,(H,16,17)(H,18,19). The molecule has 0 heterocycles. The number of nitrogens with one attached hydrogen (secondary N) is 1. The molecule has 0 aliphatic carbocycles. The van der Waals surface area contributed by atoms with Crippen LogP contribution < -0.4 is 5.32 Å². The van der Waals surface area contributed by atoms with Crippen LogP contribution in [-0.2, 0) is 16.0 Å². The van der Waals surface area contributed by atoms with Crippen molar-refractivity contribution in [3.63, 3.8) is 0 Å². The summed E-state index contributed by atoms with van der Waals surface area (Å²) in [5.41, 5.74) is 2.31. The molecule has 0 radical (unpaired) electrons. The minimum absolute atomic E-state index is 0.0211. The van der Waals surface area contributed by atoms with E-state index in [1.54, 1.807) is 0 Å². The van der Waals surface area contributed by atoms with Gasteiger partial charge in [-0.3, -0.25) is 9.59 Å². The van der Waals surface area contributed by atoms with Crippen molar-refractivity contribution in [3.05, 3.63) is 35.4 Å². The predicted octanol–water partition coefficient (Wildman–Crippen LogP) is 2.30. The number of hydrogen-bond donors (Lipinski definition) is 2. The van der Waals surface area contributed by atoms with Crippen molar-refractivity contribution >= 4 is 11.9 Å². The van der Waals surface area contributed by atoms with E-state index in [9.17, 15) is 9.59 Å². The molecule has 19 heavy (non-hydrogen) atoms. The predicted molar refractivity (Wildman–Crippen MR) is 74.0 cm³/mol. The van der Waals surface area contributed by atoms with Crippen molar-refractivity contribution in [2.45, 2.75) is 45.6 Å². The van der Waals surface area contributed by atoms with Crippen LogP contribution in [0.2, 0.25) is 0 Å². The highest BCUT2D eigenvalue weighted by Crippen LogP contribution is 2.06. The Bertz CT molecular complexity index is 426. The maximum absolute atomic E-state index is 11.7. The number of benzene rings is 1. The SMILES string of the molecule is CCC(CC(=O)O)NC(=O)CCc1ccc(C)cc1. The molecule has 1 aromatic carbocycles. The molecule has 0 bridgehead atoms. The molecule has 0 saturated heterocycles. The zero-order valence-corrected chi connectivity index (χ0v) is 11.5. The van der Waals surface area contributed by atoms with Gasteiger partial charge < -0.3 is 10.4 Å². The first-order valence-electron chi connectivity index (χ1n) is 6.58. The Morgan fingerprint density at radius 1 is 1.26 bits per heavy atom. The molecule has 0 saturated carbocycles. The van der Waals surface area contributed by atoms with Crippen LogP contribution in [-0.4, -0.2) is 23.0 Å². The summed E-state index contributed by atoms with van der Waals surface area (Å²) in [6.07, 6.45) is 1.67. The summed E-state index contributed by atoms with van der Waals surface area (Å²) >= 11 is 0. The van der Waals surface area contributed by atoms with Crippen molar-refractivity contribution in [2.24, 2.45) is 0 Å². The van der Waals surface area contributed by atoms with Gasteiger partial charge in [0.05, 0.1) is 6.42 Å². The lowest BCUT2D eigenvalue weighted by molar-refractivity contribution is -0.137. The van der Waals surface area contributed by atoms with Crippen LogP contribution in [0, 0.1) is 6.92 Å². The Morgan fingerprint density at radius 3 is 2.42 bits per heavy atom. The molecule has 0 aliphatic heterocycles. The molecule has 2 N–H and O–H groups in total. The van der Waals surface area contributed by atoms with E-state index < -0.39 is 5.97 Å². The van der Waals surface area contributed by atoms with Crippen molar-refractivity contribution < 1.29 is 14.7 Å². The largest absolute Gasteiger partial charge is 0.481 e. The zero-order chi connectivity index (χ0) is 14.3. The highest BCUT2D eigenvalue weighted by atomic mass is 16.4. The number of aryl methyl sites for hydroxylation is 2. The third kappa shape index (κ3) is 6.04. The number of amides is 1. The van der Waals surface area contributed by atoms with Gasteiger partial charge in [0, 0.05) is 12.5 Å². The van der Waals surface area contributed by atoms with Crippen LogP contribution >= 0.6 is 0 Å². The Balaban J connectivity index is 2.38. The van der Waals surface area contributed by atoms with Gasteiger partial charge in [-0.1, -0.05) is 36.8 Å². The minimum Gasteiger partial charge on any atom is -0.481 e. The van der Waals surface area contributed by atoms with Gasteiger partial charge in [-0.15, -0.1) is 0 Å². The number of carboxylic acids is 1. The lowest BCUT2D eigenvalue weighted by Gasteiger charge is -2.14. The van der Waals surface area contributed by atoms with Crippen LogP contribution in [0.5, 0.6) is 0 Å². The summed E-state index contributed by atoms with van der Waals surface area (Å²) < 4.78 is 0. The second kappa shape index (κ2) is 7.56. The van der Waals surface area contributed by atoms with Crippen molar-refractivity contribution in [1.29, 1.82) is 0 Å². The second-order valence-corrected chi connectivity index (χ2v) is 4.76. The van der Waals surface area contributed by atoms with Crippen LogP contribution in [0.3, 0.4) is 0 Å². The van der Waals surface area contributed by atoms with E-state index in [1.807, 2.05) is 38.1 Å². The van der Waals surface area contributed by atoms with Gasteiger partial charge in [-0.25, -0.2) is 0 Å². The molecule has 0 spiro atoms. The van der Waals surface area contributed by atoms with Gasteiger partial charge in [0.1, 0.15) is 0 Å². The maximum atomic E-state index is 11.7. The van der Waals surface area contributed by atoms with Crippen LogP contribution in [0.25, 0.3) is 0 Å². The molecule has 1 amide bonds. The maximum Gasteiger partial charge on any atom is 0.305 e. The normalized spacial score (nSPS) is 11.9. The van der Waals surface area contributed by atoms with Gasteiger partial charge in [0.2, 0.25) is 5.91 Å². The van der Waals surface area contributed by atoms with E-state index in [0.29, 0.717) is 19.3 Å². The van der Waals surface area contributed by atoms with Crippen LogP contribution in [0.4, 0.5) is 0 Å². The topological polar surface area (TPSA) is 66.4 Å². The Morgan fingerprint density at radius 2 is 1.89 bits per heavy atom. The highest BCUT2D eigenvalue weighted by molar-refractivity contribution is 5.77. The summed E-state index contributed by atoms with van der Waals surface area (Å²) in [5, 5.41) is 11.5. The summed E-state index contributed by atoms with van der Waals surface area (Å²) in [6.45, 7) is 3.89. The van der Waals surface area contributed by atoms with Crippen molar-refractivity contribution in [2.75, 3.05) is 0 Å². The number of carbonyl (C=O) groups is 2. The smallest absolute Gasteiger partial charge is 0.305 e. The third-order valence-electron chi connectivity index (χ3n) is 3.04. The van der Waals surface area contributed by atoms with E-state index in [4.69, 9.17) is 5.11 Å². The minimum atomic E-state index is -0.884. The third-order valence-corrected chi connectivity index (χ3v) is 3.04. The van der Waals surface area contributed by atoms with Crippen LogP contribution in [0.15, 0.2) is 24.3 Å². The molecule has 1 aromatic rings. The molecule has 1 unspecified atom stereocenters. The van der Waals surface area contributed by atoms with Gasteiger partial charge in [-0.05, 0) is 25.3 Å². The number of carbonyl (C=O) groups excluding carboxylic acids is 1. The quantitative estimate of drug-likeness (QED) is 0.793. The van der Waals surface area contributed by atoms with Gasteiger partial charge in [0.15, 0.2) is 0 Å². The number of carboxylic acid groups (broad SMARTS) is 1. The van der Waals surface area contributed by atoms with E-state index >= 15 is 0 Å². The Hall–Kier alpha value is -1.84. The fourth-order valence-corrected chi connectivity index (χ4v) is 1.82. The first-order chi connectivity index (χ1) is 9.01. The van der Waals surface area contributed by atoms with Crippen molar-refractivity contribution in [3.8, 4) is 0 Å². The summed E-state index contributed by atoms with van der Waals surface area (Å²) in [6, 6.07) is 7.79. The Kier molecular flexibility index (Phi) is 6.06. The number of rotatable bonds is 7. The molecular weight excluding hydrogens is 242 g/mol. The van der Waals surface area contributed by atoms with E-state index in [2.05, 4.69) is 5.32 Å². The van der Waals surface area contributed by atoms with Gasteiger partial charge in [0.25, 0.3) is 0 Å². The molecular formula is C15H21NO3. The van der Waals surface area contributed by atoms with E-state index in [1.165, 1.54) is 5.56 Å². The monoisotopic (exact) mass is 263 g/mol. The lowest BCUT2D eigenvalue weighted by Crippen LogP contribution is -2.36. The van der Waals surface area contributed by atoms with E-state index in [-0.39, 0.29) is 18.4 Å². The second-order valence-electron chi connectivity index (χ2n) is 4.76. The Labute approximate surface area is 113 Å². The molecule has 0 aliphatic rings. The molecule has 4 heteroatoms. The summed E-state index contributed by atoms with van der Waals surface area (Å²) in [5.74, 6) is -0.973. The lowest BCUT2D eigenvalue weighted by atomic mass is 10.1. The summed E-state index contributed by atoms with van der Waals surface area (Å²) in [7, 11) is 0. The highest BCUT2D eigenvalue weighted by Gasteiger charge is 2.13. The molecule has 4 nitrogen and oxygen atoms in total. The first-order valence-corrected chi connectivity index (χ1v) is 6.58. The zero-order valence-electron chi connectivity index (χ0n) is 11.5. The molecule has 0 fully saturated rings. The average molecular weight is 263 g/mol. The average Bonchev–Trinajstić information content (AvgIpc) is 2.36. The fraction of sp³-hybridized carbons (Fsp3) is 0.467. The number of hydrogen-bond acceptors (Lipinski definition) is 2. The fourth-order valence-electron chi connectivity index (χ4n) is 1.82. The molecule has 104 valence electrons. The molecule has 1 atom stereocenters.